The van der Waals surface area contributed by atoms with E-state index < -0.39 is 11.1 Å². The number of nitrogens with one attached hydrogen (secondary N) is 2. The van der Waals surface area contributed by atoms with Gasteiger partial charge in [-0.1, -0.05) is 41.9 Å². The SMILES string of the molecule is CC1CC(NC(=O)C(Sc2ccc(F)c(Cl)c2)c2ccccc2)CCN1. The number of halogens is 2. The molecule has 0 aromatic heterocycles. The summed E-state index contributed by atoms with van der Waals surface area (Å²) < 4.78 is 13.4. The number of benzene rings is 2. The molecule has 0 bridgehead atoms. The molecule has 6 heteroatoms. The fourth-order valence-corrected chi connectivity index (χ4v) is 4.45. The Bertz CT molecular complexity index is 759. The van der Waals surface area contributed by atoms with Crippen LogP contribution in [-0.2, 0) is 4.79 Å². The van der Waals surface area contributed by atoms with E-state index in [4.69, 9.17) is 11.6 Å². The average molecular weight is 393 g/mol. The zero-order valence-corrected chi connectivity index (χ0v) is 16.1. The van der Waals surface area contributed by atoms with Crippen molar-refractivity contribution in [2.45, 2.75) is 42.0 Å². The standard InChI is InChI=1S/C20H22ClFN2OS/c1-13-11-15(9-10-23-13)24-20(25)19(14-5-3-2-4-6-14)26-16-7-8-18(22)17(21)12-16/h2-8,12-13,15,19,23H,9-11H2,1H3,(H,24,25). The van der Waals surface area contributed by atoms with Crippen LogP contribution in [0, 0.1) is 5.82 Å². The monoisotopic (exact) mass is 392 g/mol. The number of carbonyl (C=O) groups is 1. The van der Waals surface area contributed by atoms with E-state index in [1.807, 2.05) is 30.3 Å². The Morgan fingerprint density at radius 2 is 2.08 bits per heavy atom. The van der Waals surface area contributed by atoms with Crippen LogP contribution in [0.2, 0.25) is 5.02 Å². The zero-order valence-electron chi connectivity index (χ0n) is 14.5. The Hall–Kier alpha value is -1.56. The summed E-state index contributed by atoms with van der Waals surface area (Å²) in [5.74, 6) is -0.485. The second-order valence-corrected chi connectivity index (χ2v) is 8.16. The minimum atomic E-state index is -0.458. The van der Waals surface area contributed by atoms with E-state index in [0.29, 0.717) is 6.04 Å². The molecule has 0 spiro atoms. The highest BCUT2D eigenvalue weighted by Gasteiger charge is 2.26. The molecular weight excluding hydrogens is 371 g/mol. The summed E-state index contributed by atoms with van der Waals surface area (Å²) in [6.07, 6.45) is 1.84. The first-order valence-electron chi connectivity index (χ1n) is 8.73. The van der Waals surface area contributed by atoms with Crippen LogP contribution in [-0.4, -0.2) is 24.5 Å². The van der Waals surface area contributed by atoms with Gasteiger partial charge in [-0.3, -0.25) is 4.79 Å². The Kier molecular flexibility index (Phi) is 6.57. The lowest BCUT2D eigenvalue weighted by molar-refractivity contribution is -0.121. The molecule has 3 nitrogen and oxygen atoms in total. The lowest BCUT2D eigenvalue weighted by atomic mass is 10.00. The number of piperidine rings is 1. The number of hydrogen-bond donors (Lipinski definition) is 2. The van der Waals surface area contributed by atoms with Gasteiger partial charge in [-0.25, -0.2) is 4.39 Å². The summed E-state index contributed by atoms with van der Waals surface area (Å²) in [7, 11) is 0. The molecule has 1 heterocycles. The molecule has 3 rings (SSSR count). The number of amides is 1. The summed E-state index contributed by atoms with van der Waals surface area (Å²) in [5.41, 5.74) is 0.914. The predicted octanol–water partition coefficient (Wildman–Crippen LogP) is 4.57. The van der Waals surface area contributed by atoms with Crippen molar-refractivity contribution < 1.29 is 9.18 Å². The molecule has 1 aliphatic heterocycles. The minimum Gasteiger partial charge on any atom is -0.352 e. The van der Waals surface area contributed by atoms with E-state index in [0.717, 1.165) is 29.8 Å². The molecule has 2 aromatic carbocycles. The molecular formula is C20H22ClFN2OS. The molecule has 138 valence electrons. The molecule has 1 saturated heterocycles. The second-order valence-electron chi connectivity index (χ2n) is 6.57. The van der Waals surface area contributed by atoms with Crippen molar-refractivity contribution in [3.05, 3.63) is 64.9 Å². The van der Waals surface area contributed by atoms with E-state index >= 15 is 0 Å². The normalized spacial score (nSPS) is 21.2. The Morgan fingerprint density at radius 3 is 2.77 bits per heavy atom. The van der Waals surface area contributed by atoms with E-state index in [1.54, 1.807) is 12.1 Å². The van der Waals surface area contributed by atoms with Crippen LogP contribution >= 0.6 is 23.4 Å². The van der Waals surface area contributed by atoms with Crippen molar-refractivity contribution in [1.82, 2.24) is 10.6 Å². The fraction of sp³-hybridized carbons (Fsp3) is 0.350. The highest BCUT2D eigenvalue weighted by atomic mass is 35.5. The average Bonchev–Trinajstić information content (AvgIpc) is 2.63. The Labute approximate surface area is 162 Å². The molecule has 0 radical (unpaired) electrons. The second kappa shape index (κ2) is 8.89. The smallest absolute Gasteiger partial charge is 0.238 e. The molecule has 26 heavy (non-hydrogen) atoms. The van der Waals surface area contributed by atoms with Gasteiger partial charge in [0.25, 0.3) is 0 Å². The van der Waals surface area contributed by atoms with Gasteiger partial charge in [-0.15, -0.1) is 11.8 Å². The molecule has 2 N–H and O–H groups in total. The summed E-state index contributed by atoms with van der Waals surface area (Å²) in [5, 5.41) is 6.23. The van der Waals surface area contributed by atoms with Crippen LogP contribution < -0.4 is 10.6 Å². The van der Waals surface area contributed by atoms with Crippen LogP contribution in [0.15, 0.2) is 53.4 Å². The number of hydrogen-bond acceptors (Lipinski definition) is 3. The third kappa shape index (κ3) is 5.00. The largest absolute Gasteiger partial charge is 0.352 e. The highest BCUT2D eigenvalue weighted by Crippen LogP contribution is 2.37. The van der Waals surface area contributed by atoms with Crippen LogP contribution in [0.1, 0.15) is 30.6 Å². The van der Waals surface area contributed by atoms with Gasteiger partial charge in [0.2, 0.25) is 5.91 Å². The van der Waals surface area contributed by atoms with Gasteiger partial charge in [0.15, 0.2) is 0 Å². The van der Waals surface area contributed by atoms with E-state index in [1.165, 1.54) is 17.8 Å². The van der Waals surface area contributed by atoms with Crippen LogP contribution in [0.25, 0.3) is 0 Å². The molecule has 1 fully saturated rings. The van der Waals surface area contributed by atoms with Gasteiger partial charge in [0, 0.05) is 17.0 Å². The maximum Gasteiger partial charge on any atom is 0.238 e. The zero-order chi connectivity index (χ0) is 18.5. The van der Waals surface area contributed by atoms with Crippen molar-refractivity contribution in [1.29, 1.82) is 0 Å². The molecule has 0 saturated carbocycles. The molecule has 1 aliphatic rings. The molecule has 2 aromatic rings. The third-order valence-electron chi connectivity index (χ3n) is 4.46. The first kappa shape index (κ1) is 19.2. The Balaban J connectivity index is 1.78. The van der Waals surface area contributed by atoms with Crippen molar-refractivity contribution in [2.24, 2.45) is 0 Å². The number of carbonyl (C=O) groups excluding carboxylic acids is 1. The maximum atomic E-state index is 13.4. The van der Waals surface area contributed by atoms with E-state index in [-0.39, 0.29) is 17.0 Å². The lowest BCUT2D eigenvalue weighted by Crippen LogP contribution is -2.47. The molecule has 3 unspecified atom stereocenters. The van der Waals surface area contributed by atoms with Gasteiger partial charge < -0.3 is 10.6 Å². The van der Waals surface area contributed by atoms with Gasteiger partial charge in [-0.05, 0) is 50.1 Å². The summed E-state index contributed by atoms with van der Waals surface area (Å²) in [4.78, 5) is 13.8. The van der Waals surface area contributed by atoms with Crippen LogP contribution in [0.3, 0.4) is 0 Å². The highest BCUT2D eigenvalue weighted by molar-refractivity contribution is 8.00. The van der Waals surface area contributed by atoms with Crippen LogP contribution in [0.4, 0.5) is 4.39 Å². The summed E-state index contributed by atoms with van der Waals surface area (Å²) >= 11 is 7.28. The topological polar surface area (TPSA) is 41.1 Å². The number of rotatable bonds is 5. The van der Waals surface area contributed by atoms with Gasteiger partial charge in [0.1, 0.15) is 11.1 Å². The van der Waals surface area contributed by atoms with Gasteiger partial charge in [-0.2, -0.15) is 0 Å². The fourth-order valence-electron chi connectivity index (χ4n) is 3.13. The summed E-state index contributed by atoms with van der Waals surface area (Å²) in [6.45, 7) is 3.03. The third-order valence-corrected chi connectivity index (χ3v) is 5.99. The van der Waals surface area contributed by atoms with Gasteiger partial charge in [0.05, 0.1) is 5.02 Å². The predicted molar refractivity (Wildman–Crippen MR) is 105 cm³/mol. The maximum absolute atomic E-state index is 13.4. The number of thioether (sulfide) groups is 1. The summed E-state index contributed by atoms with van der Waals surface area (Å²) in [6, 6.07) is 14.8. The van der Waals surface area contributed by atoms with Crippen molar-refractivity contribution in [3.63, 3.8) is 0 Å². The molecule has 1 amide bonds. The molecule has 3 atom stereocenters. The van der Waals surface area contributed by atoms with Crippen molar-refractivity contribution in [2.75, 3.05) is 6.54 Å². The van der Waals surface area contributed by atoms with Crippen molar-refractivity contribution >= 4 is 29.3 Å². The van der Waals surface area contributed by atoms with Crippen LogP contribution in [0.5, 0.6) is 0 Å². The quantitative estimate of drug-likeness (QED) is 0.732. The molecule has 0 aliphatic carbocycles. The van der Waals surface area contributed by atoms with Crippen molar-refractivity contribution in [3.8, 4) is 0 Å². The first-order valence-corrected chi connectivity index (χ1v) is 9.99. The van der Waals surface area contributed by atoms with Gasteiger partial charge >= 0.3 is 0 Å². The Morgan fingerprint density at radius 1 is 1.31 bits per heavy atom. The lowest BCUT2D eigenvalue weighted by Gasteiger charge is -2.30. The van der Waals surface area contributed by atoms with E-state index in [2.05, 4.69) is 17.6 Å². The van der Waals surface area contributed by atoms with E-state index in [9.17, 15) is 9.18 Å². The minimum absolute atomic E-state index is 0.0271. The first-order chi connectivity index (χ1) is 12.5.